The molecule has 100 valence electrons. The highest BCUT2D eigenvalue weighted by molar-refractivity contribution is 6.03. The van der Waals surface area contributed by atoms with Crippen LogP contribution in [-0.2, 0) is 4.79 Å². The van der Waals surface area contributed by atoms with E-state index >= 15 is 0 Å². The van der Waals surface area contributed by atoms with Gasteiger partial charge in [0, 0.05) is 17.4 Å². The number of fused-ring (bicyclic) bond motifs is 1. The van der Waals surface area contributed by atoms with Crippen LogP contribution in [0.5, 0.6) is 5.75 Å². The third-order valence-electron chi connectivity index (χ3n) is 2.87. The fourth-order valence-electron chi connectivity index (χ4n) is 1.76. The summed E-state index contributed by atoms with van der Waals surface area (Å²) in [7, 11) is 0. The van der Waals surface area contributed by atoms with Gasteiger partial charge in [0.2, 0.25) is 5.91 Å². The summed E-state index contributed by atoms with van der Waals surface area (Å²) in [6.45, 7) is 5.24. The number of aromatic hydroxyl groups is 1. The van der Waals surface area contributed by atoms with Crippen LogP contribution < -0.4 is 10.9 Å². The van der Waals surface area contributed by atoms with Gasteiger partial charge in [-0.3, -0.25) is 4.79 Å². The molecule has 1 aromatic heterocycles. The molecule has 2 aromatic rings. The second-order valence-electron chi connectivity index (χ2n) is 4.73. The number of hydrogen-bond acceptors (Lipinski definition) is 4. The lowest BCUT2D eigenvalue weighted by Gasteiger charge is -2.11. The van der Waals surface area contributed by atoms with E-state index in [9.17, 15) is 14.7 Å². The van der Waals surface area contributed by atoms with E-state index < -0.39 is 5.63 Å². The number of anilines is 1. The zero-order valence-electron chi connectivity index (χ0n) is 11.0. The normalized spacial score (nSPS) is 10.9. The largest absolute Gasteiger partial charge is 0.506 e. The molecule has 0 atom stereocenters. The van der Waals surface area contributed by atoms with Gasteiger partial charge in [-0.2, -0.15) is 0 Å². The summed E-state index contributed by atoms with van der Waals surface area (Å²) in [6, 6.07) is 4.48. The van der Waals surface area contributed by atoms with Crippen LogP contribution in [0, 0.1) is 12.8 Å². The Balaban J connectivity index is 2.68. The van der Waals surface area contributed by atoms with E-state index in [1.165, 1.54) is 12.1 Å². The third kappa shape index (κ3) is 2.45. The van der Waals surface area contributed by atoms with Gasteiger partial charge in [0.1, 0.15) is 11.4 Å². The first-order chi connectivity index (χ1) is 8.90. The minimum absolute atomic E-state index is 0.129. The van der Waals surface area contributed by atoms with E-state index in [2.05, 4.69) is 5.32 Å². The lowest BCUT2D eigenvalue weighted by molar-refractivity contribution is -0.118. The summed E-state index contributed by atoms with van der Waals surface area (Å²) in [5.41, 5.74) is 0.540. The molecule has 1 heterocycles. The van der Waals surface area contributed by atoms with Gasteiger partial charge in [-0.1, -0.05) is 13.8 Å². The molecule has 0 unspecified atom stereocenters. The van der Waals surface area contributed by atoms with Gasteiger partial charge < -0.3 is 14.8 Å². The molecular weight excluding hydrogens is 246 g/mol. The summed E-state index contributed by atoms with van der Waals surface area (Å²) < 4.78 is 5.10. The topological polar surface area (TPSA) is 79.5 Å². The highest BCUT2D eigenvalue weighted by Crippen LogP contribution is 2.33. The van der Waals surface area contributed by atoms with E-state index in [0.29, 0.717) is 5.39 Å². The fraction of sp³-hybridized carbons (Fsp3) is 0.286. The van der Waals surface area contributed by atoms with Crippen molar-refractivity contribution < 1.29 is 14.3 Å². The second-order valence-corrected chi connectivity index (χ2v) is 4.73. The Hall–Kier alpha value is -2.30. The van der Waals surface area contributed by atoms with Crippen LogP contribution in [0.1, 0.15) is 19.4 Å². The van der Waals surface area contributed by atoms with Crippen molar-refractivity contribution >= 4 is 22.6 Å². The second kappa shape index (κ2) is 4.76. The Morgan fingerprint density at radius 1 is 1.37 bits per heavy atom. The number of carbonyl (C=O) groups excluding carboxylic acids is 1. The number of phenolic OH excluding ortho intramolecular Hbond substituents is 1. The average molecular weight is 261 g/mol. The van der Waals surface area contributed by atoms with Gasteiger partial charge in [0.15, 0.2) is 5.58 Å². The van der Waals surface area contributed by atoms with Gasteiger partial charge in [-0.25, -0.2) is 4.79 Å². The van der Waals surface area contributed by atoms with Gasteiger partial charge in [-0.05, 0) is 24.6 Å². The maximum Gasteiger partial charge on any atom is 0.336 e. The molecule has 0 aliphatic heterocycles. The van der Waals surface area contributed by atoms with Crippen molar-refractivity contribution in [3.8, 4) is 5.75 Å². The summed E-state index contributed by atoms with van der Waals surface area (Å²) in [6.07, 6.45) is 0. The first-order valence-electron chi connectivity index (χ1n) is 5.97. The van der Waals surface area contributed by atoms with Crippen LogP contribution in [0.25, 0.3) is 11.0 Å². The summed E-state index contributed by atoms with van der Waals surface area (Å²) in [4.78, 5) is 23.2. The van der Waals surface area contributed by atoms with Crippen molar-refractivity contribution in [3.63, 3.8) is 0 Å². The summed E-state index contributed by atoms with van der Waals surface area (Å²) in [5, 5.41) is 13.1. The van der Waals surface area contributed by atoms with Crippen LogP contribution in [0.2, 0.25) is 0 Å². The number of hydrogen-bond donors (Lipinski definition) is 2. The number of carbonyl (C=O) groups is 1. The lowest BCUT2D eigenvalue weighted by atomic mass is 10.1. The smallest absolute Gasteiger partial charge is 0.336 e. The molecule has 0 radical (unpaired) electrons. The monoisotopic (exact) mass is 261 g/mol. The Kier molecular flexibility index (Phi) is 3.29. The molecular formula is C14H15NO4. The molecule has 0 aliphatic rings. The van der Waals surface area contributed by atoms with Gasteiger partial charge in [-0.15, -0.1) is 0 Å². The van der Waals surface area contributed by atoms with Crippen LogP contribution in [0.15, 0.2) is 27.4 Å². The third-order valence-corrected chi connectivity index (χ3v) is 2.87. The minimum atomic E-state index is -0.518. The Morgan fingerprint density at radius 2 is 2.05 bits per heavy atom. The van der Waals surface area contributed by atoms with Gasteiger partial charge >= 0.3 is 5.63 Å². The molecule has 2 rings (SSSR count). The lowest BCUT2D eigenvalue weighted by Crippen LogP contribution is -2.18. The SMILES string of the molecule is Cc1cc(=O)oc2c(NC(=O)C(C)C)c(O)ccc12. The minimum Gasteiger partial charge on any atom is -0.506 e. The molecule has 0 fully saturated rings. The highest BCUT2D eigenvalue weighted by atomic mass is 16.4. The van der Waals surface area contributed by atoms with Crippen molar-refractivity contribution in [3.05, 3.63) is 34.2 Å². The van der Waals surface area contributed by atoms with Crippen LogP contribution in [0.3, 0.4) is 0 Å². The van der Waals surface area contributed by atoms with Crippen molar-refractivity contribution in [2.75, 3.05) is 5.32 Å². The predicted octanol–water partition coefficient (Wildman–Crippen LogP) is 2.40. The van der Waals surface area contributed by atoms with E-state index in [-0.39, 0.29) is 28.8 Å². The molecule has 0 spiro atoms. The summed E-state index contributed by atoms with van der Waals surface area (Å²) in [5.74, 6) is -0.631. The van der Waals surface area contributed by atoms with Gasteiger partial charge in [0.25, 0.3) is 0 Å². The quantitative estimate of drug-likeness (QED) is 0.642. The van der Waals surface area contributed by atoms with Crippen molar-refractivity contribution in [1.29, 1.82) is 0 Å². The maximum atomic E-state index is 11.7. The van der Waals surface area contributed by atoms with Crippen LogP contribution in [-0.4, -0.2) is 11.0 Å². The molecule has 0 saturated heterocycles. The number of aryl methyl sites for hydroxylation is 1. The van der Waals surface area contributed by atoms with E-state index in [4.69, 9.17) is 4.42 Å². The number of phenols is 1. The number of rotatable bonds is 2. The highest BCUT2D eigenvalue weighted by Gasteiger charge is 2.16. The van der Waals surface area contributed by atoms with E-state index in [0.717, 1.165) is 5.56 Å². The molecule has 2 N–H and O–H groups in total. The summed E-state index contributed by atoms with van der Waals surface area (Å²) >= 11 is 0. The molecule has 19 heavy (non-hydrogen) atoms. The molecule has 0 saturated carbocycles. The van der Waals surface area contributed by atoms with Gasteiger partial charge in [0.05, 0.1) is 0 Å². The van der Waals surface area contributed by atoms with Crippen molar-refractivity contribution in [2.45, 2.75) is 20.8 Å². The Morgan fingerprint density at radius 3 is 2.68 bits per heavy atom. The first-order valence-corrected chi connectivity index (χ1v) is 5.97. The molecule has 5 heteroatoms. The molecule has 0 aliphatic carbocycles. The van der Waals surface area contributed by atoms with Crippen LogP contribution >= 0.6 is 0 Å². The van der Waals surface area contributed by atoms with E-state index in [1.807, 2.05) is 0 Å². The number of amides is 1. The van der Waals surface area contributed by atoms with Crippen molar-refractivity contribution in [2.24, 2.45) is 5.92 Å². The predicted molar refractivity (Wildman–Crippen MR) is 72.4 cm³/mol. The standard InChI is InChI=1S/C14H15NO4/c1-7(2)14(18)15-12-10(16)5-4-9-8(3)6-11(17)19-13(9)12/h4-7,16H,1-3H3,(H,15,18). The number of nitrogens with one attached hydrogen (secondary N) is 1. The fourth-order valence-corrected chi connectivity index (χ4v) is 1.76. The molecule has 1 aromatic carbocycles. The average Bonchev–Trinajstić information content (AvgIpc) is 2.32. The zero-order chi connectivity index (χ0) is 14.2. The first kappa shape index (κ1) is 13.1. The molecule has 1 amide bonds. The molecule has 0 bridgehead atoms. The van der Waals surface area contributed by atoms with E-state index in [1.54, 1.807) is 26.8 Å². The number of benzene rings is 1. The zero-order valence-corrected chi connectivity index (χ0v) is 11.0. The van der Waals surface area contributed by atoms with Crippen LogP contribution in [0.4, 0.5) is 5.69 Å². The van der Waals surface area contributed by atoms with Crippen molar-refractivity contribution in [1.82, 2.24) is 0 Å². The Labute approximate surface area is 109 Å². The maximum absolute atomic E-state index is 11.7. The Bertz CT molecular complexity index is 700. The molecule has 5 nitrogen and oxygen atoms in total.